The molecule has 0 aromatic heterocycles. The van der Waals surface area contributed by atoms with Crippen LogP contribution in [0.3, 0.4) is 0 Å². The largest absolute Gasteiger partial charge is 0.493 e. The van der Waals surface area contributed by atoms with Crippen molar-refractivity contribution >= 4 is 10.0 Å². The van der Waals surface area contributed by atoms with Gasteiger partial charge in [0.2, 0.25) is 10.0 Å². The summed E-state index contributed by atoms with van der Waals surface area (Å²) >= 11 is 0. The highest BCUT2D eigenvalue weighted by atomic mass is 32.2. The number of hydrogen-bond acceptors (Lipinski definition) is 6. The third-order valence-electron chi connectivity index (χ3n) is 3.22. The minimum atomic E-state index is -3.78. The Labute approximate surface area is 117 Å². The van der Waals surface area contributed by atoms with E-state index < -0.39 is 22.2 Å². The molecule has 112 valence electrons. The molecule has 8 heteroatoms. The van der Waals surface area contributed by atoms with Gasteiger partial charge >= 0.3 is 0 Å². The fraction of sp³-hybridized carbons (Fsp3) is 0.500. The molecule has 1 fully saturated rings. The Kier molecular flexibility index (Phi) is 4.19. The molecule has 0 aliphatic carbocycles. The molecule has 0 spiro atoms. The van der Waals surface area contributed by atoms with E-state index in [-0.39, 0.29) is 18.0 Å². The lowest BCUT2D eigenvalue weighted by atomic mass is 10.3. The molecule has 0 bridgehead atoms. The Morgan fingerprint density at radius 2 is 1.65 bits per heavy atom. The van der Waals surface area contributed by atoms with Gasteiger partial charge in [0.15, 0.2) is 11.5 Å². The van der Waals surface area contributed by atoms with Crippen LogP contribution in [0.15, 0.2) is 23.1 Å². The highest BCUT2D eigenvalue weighted by molar-refractivity contribution is 7.89. The van der Waals surface area contributed by atoms with Crippen molar-refractivity contribution in [3.05, 3.63) is 18.2 Å². The average Bonchev–Trinajstić information content (AvgIpc) is 2.78. The molecule has 1 saturated heterocycles. The Morgan fingerprint density at radius 3 is 2.15 bits per heavy atom. The SMILES string of the molecule is COc1ccc(S(=O)(=O)N2C[C@@H](O)[C@@H](O)C2)cc1OC. The maximum atomic E-state index is 12.4. The van der Waals surface area contributed by atoms with E-state index >= 15 is 0 Å². The lowest BCUT2D eigenvalue weighted by molar-refractivity contribution is 0.0572. The molecule has 0 amide bonds. The van der Waals surface area contributed by atoms with Gasteiger partial charge in [-0.1, -0.05) is 0 Å². The highest BCUT2D eigenvalue weighted by Gasteiger charge is 2.37. The zero-order valence-corrected chi connectivity index (χ0v) is 12.0. The van der Waals surface area contributed by atoms with Gasteiger partial charge in [0, 0.05) is 19.2 Å². The first kappa shape index (κ1) is 15.0. The second-order valence-corrected chi connectivity index (χ2v) is 6.41. The van der Waals surface area contributed by atoms with Crippen LogP contribution in [0, 0.1) is 0 Å². The predicted octanol–water partition coefficient (Wildman–Crippen LogP) is -0.570. The average molecular weight is 303 g/mol. The molecule has 1 aromatic rings. The van der Waals surface area contributed by atoms with Crippen molar-refractivity contribution in [3.8, 4) is 11.5 Å². The van der Waals surface area contributed by atoms with Crippen LogP contribution < -0.4 is 9.47 Å². The predicted molar refractivity (Wildman–Crippen MR) is 70.3 cm³/mol. The molecule has 1 aromatic carbocycles. The van der Waals surface area contributed by atoms with Crippen molar-refractivity contribution < 1.29 is 28.1 Å². The first-order valence-corrected chi connectivity index (χ1v) is 7.42. The number of hydrogen-bond donors (Lipinski definition) is 2. The topological polar surface area (TPSA) is 96.3 Å². The molecule has 0 unspecified atom stereocenters. The second kappa shape index (κ2) is 5.57. The number of sulfonamides is 1. The fourth-order valence-corrected chi connectivity index (χ4v) is 3.55. The zero-order valence-electron chi connectivity index (χ0n) is 11.2. The number of nitrogens with zero attached hydrogens (tertiary/aromatic N) is 1. The summed E-state index contributed by atoms with van der Waals surface area (Å²) in [4.78, 5) is 0.0245. The van der Waals surface area contributed by atoms with E-state index in [4.69, 9.17) is 9.47 Å². The van der Waals surface area contributed by atoms with Crippen LogP contribution in [0.25, 0.3) is 0 Å². The smallest absolute Gasteiger partial charge is 0.243 e. The van der Waals surface area contributed by atoms with Gasteiger partial charge in [-0.2, -0.15) is 4.31 Å². The Bertz CT molecular complexity index is 578. The van der Waals surface area contributed by atoms with Gasteiger partial charge in [-0.15, -0.1) is 0 Å². The van der Waals surface area contributed by atoms with Gasteiger partial charge in [-0.25, -0.2) is 8.42 Å². The molecule has 2 N–H and O–H groups in total. The third-order valence-corrected chi connectivity index (χ3v) is 5.05. The van der Waals surface area contributed by atoms with E-state index in [1.165, 1.54) is 32.4 Å². The number of rotatable bonds is 4. The lowest BCUT2D eigenvalue weighted by Crippen LogP contribution is -2.30. The first-order valence-electron chi connectivity index (χ1n) is 5.98. The van der Waals surface area contributed by atoms with Crippen molar-refractivity contribution in [2.24, 2.45) is 0 Å². The van der Waals surface area contributed by atoms with E-state index in [1.807, 2.05) is 0 Å². The molecule has 0 saturated carbocycles. The summed E-state index contributed by atoms with van der Waals surface area (Å²) in [6.07, 6.45) is -2.13. The van der Waals surface area contributed by atoms with Crippen molar-refractivity contribution in [1.29, 1.82) is 0 Å². The van der Waals surface area contributed by atoms with Crippen LogP contribution >= 0.6 is 0 Å². The summed E-state index contributed by atoms with van der Waals surface area (Å²) in [5.74, 6) is 0.724. The Balaban J connectivity index is 2.35. The van der Waals surface area contributed by atoms with E-state index in [0.29, 0.717) is 11.5 Å². The van der Waals surface area contributed by atoms with E-state index in [1.54, 1.807) is 0 Å². The lowest BCUT2D eigenvalue weighted by Gasteiger charge is -2.16. The summed E-state index contributed by atoms with van der Waals surface area (Å²) in [7, 11) is -0.912. The summed E-state index contributed by atoms with van der Waals surface area (Å²) in [5, 5.41) is 18.9. The maximum absolute atomic E-state index is 12.4. The van der Waals surface area contributed by atoms with Crippen molar-refractivity contribution in [2.75, 3.05) is 27.3 Å². The molecular weight excluding hydrogens is 286 g/mol. The van der Waals surface area contributed by atoms with E-state index in [9.17, 15) is 18.6 Å². The van der Waals surface area contributed by atoms with Crippen LogP contribution in [-0.4, -0.2) is 62.5 Å². The van der Waals surface area contributed by atoms with Gasteiger partial charge in [-0.3, -0.25) is 0 Å². The van der Waals surface area contributed by atoms with Crippen LogP contribution in [-0.2, 0) is 10.0 Å². The van der Waals surface area contributed by atoms with Crippen molar-refractivity contribution in [3.63, 3.8) is 0 Å². The summed E-state index contributed by atoms with van der Waals surface area (Å²) < 4.78 is 36.0. The van der Waals surface area contributed by atoms with Gasteiger partial charge in [0.1, 0.15) is 0 Å². The van der Waals surface area contributed by atoms with Gasteiger partial charge in [-0.05, 0) is 12.1 Å². The van der Waals surface area contributed by atoms with Crippen LogP contribution in [0.4, 0.5) is 0 Å². The quantitative estimate of drug-likeness (QED) is 0.773. The molecule has 2 atom stereocenters. The number of aliphatic hydroxyl groups excluding tert-OH is 2. The standard InChI is InChI=1S/C12H17NO6S/c1-18-11-4-3-8(5-12(11)19-2)20(16,17)13-6-9(14)10(15)7-13/h3-5,9-10,14-15H,6-7H2,1-2H3/t9-,10+. The Hall–Kier alpha value is -1.35. The monoisotopic (exact) mass is 303 g/mol. The minimum absolute atomic E-state index is 0.0245. The third kappa shape index (κ3) is 2.59. The normalized spacial score (nSPS) is 23.8. The zero-order chi connectivity index (χ0) is 14.9. The van der Waals surface area contributed by atoms with Gasteiger partial charge < -0.3 is 19.7 Å². The minimum Gasteiger partial charge on any atom is -0.493 e. The first-order chi connectivity index (χ1) is 9.40. The van der Waals surface area contributed by atoms with Crippen LogP contribution in [0.1, 0.15) is 0 Å². The molecule has 7 nitrogen and oxygen atoms in total. The number of benzene rings is 1. The molecule has 0 radical (unpaired) electrons. The summed E-state index contributed by atoms with van der Waals surface area (Å²) in [6.45, 7) is -0.254. The maximum Gasteiger partial charge on any atom is 0.243 e. The number of methoxy groups -OCH3 is 2. The van der Waals surface area contributed by atoms with E-state index in [0.717, 1.165) is 4.31 Å². The number of β-amino-alcohol motifs (C(OH)–C–C–N with tert-alkyl or cyclic N) is 2. The molecule has 1 aliphatic heterocycles. The summed E-state index contributed by atoms with van der Waals surface area (Å²) in [5.41, 5.74) is 0. The Morgan fingerprint density at radius 1 is 1.10 bits per heavy atom. The molecule has 2 rings (SSSR count). The highest BCUT2D eigenvalue weighted by Crippen LogP contribution is 2.31. The fourth-order valence-electron chi connectivity index (χ4n) is 2.06. The molecule has 1 heterocycles. The molecule has 20 heavy (non-hydrogen) atoms. The van der Waals surface area contributed by atoms with Crippen molar-refractivity contribution in [1.82, 2.24) is 4.31 Å². The number of ether oxygens (including phenoxy) is 2. The second-order valence-electron chi connectivity index (χ2n) is 4.47. The van der Waals surface area contributed by atoms with Crippen LogP contribution in [0.5, 0.6) is 11.5 Å². The molecule has 1 aliphatic rings. The number of aliphatic hydroxyl groups is 2. The van der Waals surface area contributed by atoms with Crippen LogP contribution in [0.2, 0.25) is 0 Å². The molecular formula is C12H17NO6S. The van der Waals surface area contributed by atoms with Crippen molar-refractivity contribution in [2.45, 2.75) is 17.1 Å². The van der Waals surface area contributed by atoms with Gasteiger partial charge in [0.25, 0.3) is 0 Å². The van der Waals surface area contributed by atoms with E-state index in [2.05, 4.69) is 0 Å². The van der Waals surface area contributed by atoms with Gasteiger partial charge in [0.05, 0.1) is 31.3 Å². The summed E-state index contributed by atoms with van der Waals surface area (Å²) in [6, 6.07) is 4.24.